The fourth-order valence-corrected chi connectivity index (χ4v) is 4.56. The van der Waals surface area contributed by atoms with Crippen molar-refractivity contribution in [1.29, 1.82) is 0 Å². The third-order valence-electron chi connectivity index (χ3n) is 6.64. The largest absolute Gasteiger partial charge is 0.384 e. The summed E-state index contributed by atoms with van der Waals surface area (Å²) in [5, 5.41) is 14.0. The number of carbonyl (C=O) groups excluding carboxylic acids is 1. The summed E-state index contributed by atoms with van der Waals surface area (Å²) in [4.78, 5) is 42.0. The van der Waals surface area contributed by atoms with Crippen molar-refractivity contribution in [2.45, 2.75) is 26.0 Å². The lowest BCUT2D eigenvalue weighted by molar-refractivity contribution is 0.0738. The zero-order valence-corrected chi connectivity index (χ0v) is 21.9. The zero-order valence-electron chi connectivity index (χ0n) is 21.9. The second-order valence-electron chi connectivity index (χ2n) is 9.84. The lowest BCUT2D eigenvalue weighted by atomic mass is 10.1. The summed E-state index contributed by atoms with van der Waals surface area (Å²) in [6, 6.07) is 12.7. The van der Waals surface area contributed by atoms with Crippen molar-refractivity contribution >= 4 is 34.4 Å². The van der Waals surface area contributed by atoms with Crippen molar-refractivity contribution in [1.82, 2.24) is 29.2 Å². The highest BCUT2D eigenvalue weighted by atomic mass is 16.3. The number of allylic oxidation sites excluding steroid dienone is 1. The Hall–Kier alpha value is -4.71. The lowest BCUT2D eigenvalue weighted by Crippen LogP contribution is -2.50. The van der Waals surface area contributed by atoms with Gasteiger partial charge in [0.2, 0.25) is 5.95 Å². The van der Waals surface area contributed by atoms with Gasteiger partial charge in [-0.3, -0.25) is 4.79 Å². The molecule has 4 aromatic rings. The first-order valence-corrected chi connectivity index (χ1v) is 12.6. The number of nitrogens with one attached hydrogen (secondary N) is 1. The van der Waals surface area contributed by atoms with Crippen LogP contribution in [0.1, 0.15) is 19.5 Å². The highest BCUT2D eigenvalue weighted by Gasteiger charge is 2.22. The number of piperazine rings is 1. The Morgan fingerprint density at radius 1 is 1.13 bits per heavy atom. The van der Waals surface area contributed by atoms with E-state index in [2.05, 4.69) is 31.7 Å². The van der Waals surface area contributed by atoms with Gasteiger partial charge < -0.3 is 26.0 Å². The number of benzene rings is 1. The zero-order chi connectivity index (χ0) is 27.7. The van der Waals surface area contributed by atoms with Gasteiger partial charge in [-0.1, -0.05) is 12.1 Å². The Balaban J connectivity index is 1.45. The molecule has 4 heterocycles. The van der Waals surface area contributed by atoms with Crippen LogP contribution >= 0.6 is 0 Å². The minimum absolute atomic E-state index is 0.238. The topological polar surface area (TPSA) is 147 Å². The second-order valence-corrected chi connectivity index (χ2v) is 9.84. The monoisotopic (exact) mass is 529 g/mol. The summed E-state index contributed by atoms with van der Waals surface area (Å²) in [6.07, 6.45) is 3.12. The van der Waals surface area contributed by atoms with Gasteiger partial charge in [0.25, 0.3) is 5.56 Å². The third-order valence-corrected chi connectivity index (χ3v) is 6.64. The number of nitrogens with two attached hydrogens (primary N) is 1. The molecule has 39 heavy (non-hydrogen) atoms. The number of hydrogen-bond donors (Lipinski definition) is 3. The highest BCUT2D eigenvalue weighted by molar-refractivity contribution is 5.77. The molecule has 0 bridgehead atoms. The predicted octanol–water partition coefficient (Wildman–Crippen LogP) is 2.33. The normalized spacial score (nSPS) is 14.0. The van der Waals surface area contributed by atoms with Gasteiger partial charge in [0, 0.05) is 43.8 Å². The van der Waals surface area contributed by atoms with E-state index in [1.54, 1.807) is 47.7 Å². The van der Waals surface area contributed by atoms with Gasteiger partial charge in [-0.15, -0.1) is 6.58 Å². The maximum Gasteiger partial charge on any atom is 0.314 e. The highest BCUT2D eigenvalue weighted by Crippen LogP contribution is 2.23. The molecule has 0 radical (unpaired) electrons. The summed E-state index contributed by atoms with van der Waals surface area (Å²) in [5.74, 6) is 0.752. The Morgan fingerprint density at radius 3 is 2.49 bits per heavy atom. The van der Waals surface area contributed by atoms with Gasteiger partial charge in [0.05, 0.1) is 12.2 Å². The summed E-state index contributed by atoms with van der Waals surface area (Å²) in [7, 11) is 0. The molecule has 1 fully saturated rings. The number of rotatable bonds is 7. The van der Waals surface area contributed by atoms with Gasteiger partial charge >= 0.3 is 6.03 Å². The summed E-state index contributed by atoms with van der Waals surface area (Å²) >= 11 is 0. The maximum absolute atomic E-state index is 13.2. The Morgan fingerprint density at radius 2 is 1.85 bits per heavy atom. The fourth-order valence-electron chi connectivity index (χ4n) is 4.56. The smallest absolute Gasteiger partial charge is 0.314 e. The standard InChI is InChI=1S/C27H31N9O3/c1-4-12-35-24(37)20-17-29-26(32-23(20)36(35)22-7-5-6-21(31-22)27(2,3)39)30-18-8-10-19(11-9-18)33-13-15-34(16-14-33)25(28)38/h4-11,17,39H,1,12-16H2,2-3H3,(H2,28,38)(H,29,30,32). The number of anilines is 3. The predicted molar refractivity (Wildman–Crippen MR) is 149 cm³/mol. The van der Waals surface area contributed by atoms with Crippen LogP contribution in [0.25, 0.3) is 16.9 Å². The van der Waals surface area contributed by atoms with E-state index in [0.29, 0.717) is 54.7 Å². The molecule has 2 amide bonds. The van der Waals surface area contributed by atoms with E-state index >= 15 is 0 Å². The molecule has 0 aliphatic carbocycles. The molecular weight excluding hydrogens is 498 g/mol. The van der Waals surface area contributed by atoms with E-state index < -0.39 is 11.6 Å². The Kier molecular flexibility index (Phi) is 6.79. The number of primary amides is 1. The quantitative estimate of drug-likeness (QED) is 0.309. The van der Waals surface area contributed by atoms with Gasteiger partial charge in [-0.05, 0) is 50.2 Å². The van der Waals surface area contributed by atoms with E-state index in [1.165, 1.54) is 10.9 Å². The molecule has 0 saturated carbocycles. The minimum Gasteiger partial charge on any atom is -0.384 e. The first-order chi connectivity index (χ1) is 18.7. The lowest BCUT2D eigenvalue weighted by Gasteiger charge is -2.35. The molecule has 1 aliphatic rings. The van der Waals surface area contributed by atoms with E-state index in [4.69, 9.17) is 5.73 Å². The molecule has 1 aliphatic heterocycles. The van der Waals surface area contributed by atoms with Crippen molar-refractivity contribution in [3.63, 3.8) is 0 Å². The molecule has 12 nitrogen and oxygen atoms in total. The van der Waals surface area contributed by atoms with E-state index in [-0.39, 0.29) is 12.1 Å². The minimum atomic E-state index is -1.16. The molecule has 0 spiro atoms. The van der Waals surface area contributed by atoms with Crippen molar-refractivity contribution in [2.24, 2.45) is 5.73 Å². The summed E-state index contributed by atoms with van der Waals surface area (Å²) in [5.41, 5.74) is 6.60. The number of aliphatic hydroxyl groups is 1. The molecule has 1 saturated heterocycles. The summed E-state index contributed by atoms with van der Waals surface area (Å²) in [6.45, 7) is 9.91. The molecule has 12 heteroatoms. The molecule has 1 aromatic carbocycles. The van der Waals surface area contributed by atoms with Crippen LogP contribution in [-0.4, -0.2) is 66.5 Å². The first kappa shape index (κ1) is 25.9. The molecule has 5 rings (SSSR count). The Bertz CT molecular complexity index is 1580. The Labute approximate surface area is 225 Å². The number of aromatic nitrogens is 5. The van der Waals surface area contributed by atoms with Crippen molar-refractivity contribution in [3.8, 4) is 5.82 Å². The number of hydrogen-bond acceptors (Lipinski definition) is 8. The van der Waals surface area contributed by atoms with Gasteiger partial charge in [0.15, 0.2) is 11.5 Å². The van der Waals surface area contributed by atoms with Crippen molar-refractivity contribution in [2.75, 3.05) is 36.4 Å². The second kappa shape index (κ2) is 10.2. The number of urea groups is 1. The van der Waals surface area contributed by atoms with Crippen LogP contribution < -0.4 is 21.5 Å². The van der Waals surface area contributed by atoms with Crippen LogP contribution in [0.4, 0.5) is 22.1 Å². The molecule has 0 atom stereocenters. The van der Waals surface area contributed by atoms with Gasteiger partial charge in [-0.2, -0.15) is 4.98 Å². The summed E-state index contributed by atoms with van der Waals surface area (Å²) < 4.78 is 3.11. The molecule has 202 valence electrons. The van der Waals surface area contributed by atoms with E-state index in [1.807, 2.05) is 24.3 Å². The number of fused-ring (bicyclic) bond motifs is 1. The van der Waals surface area contributed by atoms with Crippen LogP contribution in [0, 0.1) is 0 Å². The van der Waals surface area contributed by atoms with Gasteiger partial charge in [-0.25, -0.2) is 24.1 Å². The third kappa shape index (κ3) is 5.18. The molecule has 0 unspecified atom stereocenters. The maximum atomic E-state index is 13.2. The van der Waals surface area contributed by atoms with E-state index in [9.17, 15) is 14.7 Å². The number of nitrogens with zero attached hydrogens (tertiary/aromatic N) is 7. The first-order valence-electron chi connectivity index (χ1n) is 12.6. The van der Waals surface area contributed by atoms with Crippen LogP contribution in [0.2, 0.25) is 0 Å². The number of carbonyl (C=O) groups is 1. The van der Waals surface area contributed by atoms with Crippen LogP contribution in [0.3, 0.4) is 0 Å². The molecular formula is C27H31N9O3. The number of pyridine rings is 1. The van der Waals surface area contributed by atoms with Gasteiger partial charge in [0.1, 0.15) is 11.0 Å². The van der Waals surface area contributed by atoms with Crippen LogP contribution in [0.5, 0.6) is 0 Å². The van der Waals surface area contributed by atoms with Crippen LogP contribution in [0.15, 0.2) is 66.1 Å². The van der Waals surface area contributed by atoms with Crippen molar-refractivity contribution in [3.05, 3.63) is 77.4 Å². The average Bonchev–Trinajstić information content (AvgIpc) is 3.19. The molecule has 4 N–H and O–H groups in total. The fraction of sp³-hybridized carbons (Fsp3) is 0.296. The molecule has 3 aromatic heterocycles. The number of amides is 2. The SMILES string of the molecule is C=CCn1c(=O)c2cnc(Nc3ccc(N4CCN(C(N)=O)CC4)cc3)nc2n1-c1cccc(C(C)(C)O)n1. The van der Waals surface area contributed by atoms with Crippen LogP contribution in [-0.2, 0) is 12.1 Å². The average molecular weight is 530 g/mol. The van der Waals surface area contributed by atoms with E-state index in [0.717, 1.165) is 11.4 Å². The van der Waals surface area contributed by atoms with Crippen molar-refractivity contribution < 1.29 is 9.90 Å².